The zero-order valence-electron chi connectivity index (χ0n) is 14.7. The average molecular weight is 292 g/mol. The summed E-state index contributed by atoms with van der Waals surface area (Å²) in [6, 6.07) is 0. The molecule has 1 N–H and O–H groups in total. The van der Waals surface area contributed by atoms with Gasteiger partial charge in [-0.3, -0.25) is 4.98 Å². The molecule has 1 unspecified atom stereocenters. The molecule has 21 heavy (non-hydrogen) atoms. The lowest BCUT2D eigenvalue weighted by Gasteiger charge is -2.33. The summed E-state index contributed by atoms with van der Waals surface area (Å²) in [7, 11) is 3.79. The van der Waals surface area contributed by atoms with Crippen molar-refractivity contribution in [2.75, 3.05) is 20.7 Å². The van der Waals surface area contributed by atoms with Crippen LogP contribution in [0.1, 0.15) is 56.4 Å². The zero-order chi connectivity index (χ0) is 15.9. The highest BCUT2D eigenvalue weighted by atomic mass is 16.5. The van der Waals surface area contributed by atoms with Crippen molar-refractivity contribution >= 4 is 0 Å². The van der Waals surface area contributed by atoms with Crippen LogP contribution in [0.25, 0.3) is 0 Å². The molecular formula is C18H32N2O. The SMILES string of the molecule is CCCCC(CC)(CNC)Cc1ncc(C)c(OC)c1C. The molecule has 0 aliphatic carbocycles. The summed E-state index contributed by atoms with van der Waals surface area (Å²) < 4.78 is 5.55. The van der Waals surface area contributed by atoms with Gasteiger partial charge in [0.2, 0.25) is 0 Å². The molecule has 0 saturated heterocycles. The number of hydrogen-bond acceptors (Lipinski definition) is 3. The number of rotatable bonds is 9. The van der Waals surface area contributed by atoms with Gasteiger partial charge in [-0.1, -0.05) is 26.7 Å². The van der Waals surface area contributed by atoms with Gasteiger partial charge in [0.15, 0.2) is 0 Å². The van der Waals surface area contributed by atoms with Gasteiger partial charge >= 0.3 is 0 Å². The Morgan fingerprint density at radius 2 is 2.00 bits per heavy atom. The minimum atomic E-state index is 0.294. The number of hydrogen-bond donors (Lipinski definition) is 1. The molecule has 120 valence electrons. The quantitative estimate of drug-likeness (QED) is 0.745. The molecule has 1 heterocycles. The molecule has 0 radical (unpaired) electrons. The van der Waals surface area contributed by atoms with Crippen LogP contribution in [0, 0.1) is 19.3 Å². The minimum Gasteiger partial charge on any atom is -0.496 e. The summed E-state index contributed by atoms with van der Waals surface area (Å²) in [5.74, 6) is 0.991. The lowest BCUT2D eigenvalue weighted by molar-refractivity contribution is 0.232. The van der Waals surface area contributed by atoms with E-state index >= 15 is 0 Å². The number of aryl methyl sites for hydroxylation is 1. The van der Waals surface area contributed by atoms with Crippen LogP contribution in [-0.2, 0) is 6.42 Å². The Kier molecular flexibility index (Phi) is 7.16. The average Bonchev–Trinajstić information content (AvgIpc) is 2.48. The fraction of sp³-hybridized carbons (Fsp3) is 0.722. The maximum atomic E-state index is 5.55. The Hall–Kier alpha value is -1.09. The van der Waals surface area contributed by atoms with Crippen molar-refractivity contribution in [2.24, 2.45) is 5.41 Å². The van der Waals surface area contributed by atoms with Crippen molar-refractivity contribution < 1.29 is 4.74 Å². The first-order valence-electron chi connectivity index (χ1n) is 8.17. The van der Waals surface area contributed by atoms with Gasteiger partial charge < -0.3 is 10.1 Å². The zero-order valence-corrected chi connectivity index (χ0v) is 14.7. The number of nitrogens with zero attached hydrogens (tertiary/aromatic N) is 1. The first-order chi connectivity index (χ1) is 10.0. The lowest BCUT2D eigenvalue weighted by atomic mass is 9.75. The molecule has 0 fully saturated rings. The van der Waals surface area contributed by atoms with E-state index in [0.29, 0.717) is 5.41 Å². The second kappa shape index (κ2) is 8.38. The summed E-state index contributed by atoms with van der Waals surface area (Å²) in [6.45, 7) is 9.79. The Labute approximate surface area is 130 Å². The standard InChI is InChI=1S/C18H32N2O/c1-7-9-10-18(8-2,13-19-5)11-16-15(4)17(21-6)14(3)12-20-16/h12,19H,7-11,13H2,1-6H3. The summed E-state index contributed by atoms with van der Waals surface area (Å²) in [5, 5.41) is 3.39. The maximum Gasteiger partial charge on any atom is 0.128 e. The van der Waals surface area contributed by atoms with E-state index < -0.39 is 0 Å². The predicted octanol–water partition coefficient (Wildman–Crippen LogP) is 4.06. The summed E-state index contributed by atoms with van der Waals surface area (Å²) in [4.78, 5) is 4.70. The van der Waals surface area contributed by atoms with Crippen LogP contribution in [0.2, 0.25) is 0 Å². The van der Waals surface area contributed by atoms with Gasteiger partial charge in [0.05, 0.1) is 7.11 Å². The van der Waals surface area contributed by atoms with Crippen molar-refractivity contribution in [1.29, 1.82) is 0 Å². The highest BCUT2D eigenvalue weighted by molar-refractivity contribution is 5.41. The van der Waals surface area contributed by atoms with E-state index in [-0.39, 0.29) is 0 Å². The lowest BCUT2D eigenvalue weighted by Crippen LogP contribution is -2.34. The third kappa shape index (κ3) is 4.44. The predicted molar refractivity (Wildman–Crippen MR) is 90.1 cm³/mol. The van der Waals surface area contributed by atoms with Crippen LogP contribution < -0.4 is 10.1 Å². The van der Waals surface area contributed by atoms with Crippen LogP contribution in [0.4, 0.5) is 0 Å². The molecule has 0 bridgehead atoms. The monoisotopic (exact) mass is 292 g/mol. The van der Waals surface area contributed by atoms with Crippen LogP contribution >= 0.6 is 0 Å². The van der Waals surface area contributed by atoms with Crippen molar-refractivity contribution in [3.63, 3.8) is 0 Å². The van der Waals surface area contributed by atoms with Crippen LogP contribution in [-0.4, -0.2) is 25.7 Å². The minimum absolute atomic E-state index is 0.294. The molecule has 0 saturated carbocycles. The van der Waals surface area contributed by atoms with Crippen molar-refractivity contribution in [1.82, 2.24) is 10.3 Å². The van der Waals surface area contributed by atoms with Crippen molar-refractivity contribution in [2.45, 2.75) is 59.8 Å². The van der Waals surface area contributed by atoms with Gasteiger partial charge in [-0.25, -0.2) is 0 Å². The van der Waals surface area contributed by atoms with Crippen molar-refractivity contribution in [3.05, 3.63) is 23.0 Å². The van der Waals surface area contributed by atoms with Gasteiger partial charge in [0.25, 0.3) is 0 Å². The van der Waals surface area contributed by atoms with Gasteiger partial charge in [-0.15, -0.1) is 0 Å². The van der Waals surface area contributed by atoms with E-state index in [1.807, 2.05) is 13.2 Å². The number of unbranched alkanes of at least 4 members (excludes halogenated alkanes) is 1. The molecule has 3 nitrogen and oxygen atoms in total. The molecule has 1 aromatic heterocycles. The van der Waals surface area contributed by atoms with Crippen LogP contribution in [0.3, 0.4) is 0 Å². The Bertz CT molecular complexity index is 445. The topological polar surface area (TPSA) is 34.2 Å². The number of methoxy groups -OCH3 is 1. The van der Waals surface area contributed by atoms with E-state index in [2.05, 4.69) is 33.0 Å². The van der Waals surface area contributed by atoms with E-state index in [1.165, 1.54) is 36.9 Å². The maximum absolute atomic E-state index is 5.55. The third-order valence-corrected chi connectivity index (χ3v) is 4.65. The van der Waals surface area contributed by atoms with E-state index in [1.54, 1.807) is 7.11 Å². The first kappa shape index (κ1) is 18.0. The number of ether oxygens (including phenoxy) is 1. The van der Waals surface area contributed by atoms with Gasteiger partial charge in [0, 0.05) is 29.6 Å². The first-order valence-corrected chi connectivity index (χ1v) is 8.17. The fourth-order valence-electron chi connectivity index (χ4n) is 3.20. The Balaban J connectivity index is 3.08. The number of nitrogens with one attached hydrogen (secondary N) is 1. The second-order valence-electron chi connectivity index (χ2n) is 6.21. The second-order valence-corrected chi connectivity index (χ2v) is 6.21. The summed E-state index contributed by atoms with van der Waals surface area (Å²) >= 11 is 0. The summed E-state index contributed by atoms with van der Waals surface area (Å²) in [6.07, 6.45) is 7.91. The summed E-state index contributed by atoms with van der Waals surface area (Å²) in [5.41, 5.74) is 3.79. The molecule has 0 aliphatic heterocycles. The molecule has 0 aliphatic rings. The molecule has 1 rings (SSSR count). The molecular weight excluding hydrogens is 260 g/mol. The molecule has 3 heteroatoms. The van der Waals surface area contributed by atoms with Gasteiger partial charge in [-0.2, -0.15) is 0 Å². The molecule has 1 aromatic rings. The molecule has 1 atom stereocenters. The highest BCUT2D eigenvalue weighted by Crippen LogP contribution is 2.35. The van der Waals surface area contributed by atoms with E-state index in [9.17, 15) is 0 Å². The van der Waals surface area contributed by atoms with Gasteiger partial charge in [0.1, 0.15) is 5.75 Å². The molecule has 0 amide bonds. The highest BCUT2D eigenvalue weighted by Gasteiger charge is 2.29. The Morgan fingerprint density at radius 1 is 1.29 bits per heavy atom. The van der Waals surface area contributed by atoms with E-state index in [4.69, 9.17) is 9.72 Å². The third-order valence-electron chi connectivity index (χ3n) is 4.65. The van der Waals surface area contributed by atoms with Crippen molar-refractivity contribution in [3.8, 4) is 5.75 Å². The van der Waals surface area contributed by atoms with Crippen LogP contribution in [0.15, 0.2) is 6.20 Å². The molecule has 0 aromatic carbocycles. The van der Waals surface area contributed by atoms with Gasteiger partial charge in [-0.05, 0) is 45.6 Å². The van der Waals surface area contributed by atoms with Crippen LogP contribution in [0.5, 0.6) is 5.75 Å². The molecule has 0 spiro atoms. The Morgan fingerprint density at radius 3 is 2.52 bits per heavy atom. The normalized spacial score (nSPS) is 14.0. The van der Waals surface area contributed by atoms with E-state index in [0.717, 1.165) is 24.3 Å². The smallest absolute Gasteiger partial charge is 0.128 e. The number of pyridine rings is 1. The fourth-order valence-corrected chi connectivity index (χ4v) is 3.20. The number of aromatic nitrogens is 1. The largest absolute Gasteiger partial charge is 0.496 e.